The van der Waals surface area contributed by atoms with E-state index in [2.05, 4.69) is 12.2 Å². The summed E-state index contributed by atoms with van der Waals surface area (Å²) >= 11 is 0. The second-order valence-electron chi connectivity index (χ2n) is 5.29. The van der Waals surface area contributed by atoms with Gasteiger partial charge in [0.05, 0.1) is 0 Å². The molecular formula is C12H25N3O2S. The molecule has 0 saturated carbocycles. The van der Waals surface area contributed by atoms with Crippen LogP contribution in [0.1, 0.15) is 32.6 Å². The molecule has 2 heterocycles. The lowest BCUT2D eigenvalue weighted by Crippen LogP contribution is -2.53. The van der Waals surface area contributed by atoms with E-state index in [-0.39, 0.29) is 0 Å². The Morgan fingerprint density at radius 1 is 1.06 bits per heavy atom. The second kappa shape index (κ2) is 6.32. The van der Waals surface area contributed by atoms with E-state index in [9.17, 15) is 8.42 Å². The minimum atomic E-state index is -3.20. The van der Waals surface area contributed by atoms with Crippen molar-refractivity contribution in [3.8, 4) is 0 Å². The van der Waals surface area contributed by atoms with Crippen LogP contribution in [0.25, 0.3) is 0 Å². The predicted octanol–water partition coefficient (Wildman–Crippen LogP) is 0.649. The van der Waals surface area contributed by atoms with E-state index < -0.39 is 10.2 Å². The molecule has 6 heteroatoms. The molecule has 0 spiro atoms. The highest BCUT2D eigenvalue weighted by Gasteiger charge is 2.33. The van der Waals surface area contributed by atoms with Crippen LogP contribution >= 0.6 is 0 Å². The Labute approximate surface area is 111 Å². The maximum atomic E-state index is 12.4. The summed E-state index contributed by atoms with van der Waals surface area (Å²) in [6.07, 6.45) is 4.50. The van der Waals surface area contributed by atoms with Gasteiger partial charge in [-0.05, 0) is 18.8 Å². The van der Waals surface area contributed by atoms with Gasteiger partial charge in [-0.3, -0.25) is 0 Å². The Balaban J connectivity index is 1.91. The fourth-order valence-electron chi connectivity index (χ4n) is 2.88. The highest BCUT2D eigenvalue weighted by molar-refractivity contribution is 7.86. The van der Waals surface area contributed by atoms with Crippen LogP contribution in [0.4, 0.5) is 0 Å². The zero-order chi connectivity index (χ0) is 13.0. The van der Waals surface area contributed by atoms with E-state index in [0.29, 0.717) is 26.2 Å². The van der Waals surface area contributed by atoms with Crippen molar-refractivity contribution < 1.29 is 8.42 Å². The van der Waals surface area contributed by atoms with Crippen molar-refractivity contribution in [1.29, 1.82) is 0 Å². The summed E-state index contributed by atoms with van der Waals surface area (Å²) in [7, 11) is -3.20. The molecule has 0 amide bonds. The fraction of sp³-hybridized carbons (Fsp3) is 1.00. The topological polar surface area (TPSA) is 52.7 Å². The van der Waals surface area contributed by atoms with Crippen molar-refractivity contribution in [2.45, 2.75) is 32.6 Å². The molecule has 1 N–H and O–H groups in total. The van der Waals surface area contributed by atoms with Crippen LogP contribution in [0.15, 0.2) is 0 Å². The molecule has 0 aromatic carbocycles. The molecule has 2 aliphatic rings. The van der Waals surface area contributed by atoms with E-state index in [0.717, 1.165) is 31.8 Å². The summed E-state index contributed by atoms with van der Waals surface area (Å²) in [5.74, 6) is 0.726. The van der Waals surface area contributed by atoms with Gasteiger partial charge in [0.25, 0.3) is 10.2 Å². The highest BCUT2D eigenvalue weighted by Crippen LogP contribution is 2.24. The number of nitrogens with zero attached hydrogens (tertiary/aromatic N) is 2. The van der Waals surface area contributed by atoms with Crippen LogP contribution in [0.5, 0.6) is 0 Å². The minimum Gasteiger partial charge on any atom is -0.314 e. The zero-order valence-corrected chi connectivity index (χ0v) is 12.1. The van der Waals surface area contributed by atoms with Crippen LogP contribution in [-0.2, 0) is 10.2 Å². The van der Waals surface area contributed by atoms with Gasteiger partial charge in [-0.15, -0.1) is 0 Å². The van der Waals surface area contributed by atoms with Crippen LogP contribution < -0.4 is 5.32 Å². The maximum Gasteiger partial charge on any atom is 0.282 e. The van der Waals surface area contributed by atoms with Gasteiger partial charge in [0.1, 0.15) is 0 Å². The molecule has 0 bridgehead atoms. The number of piperazine rings is 1. The third kappa shape index (κ3) is 3.23. The molecule has 0 radical (unpaired) electrons. The average Bonchev–Trinajstić information content (AvgIpc) is 2.41. The van der Waals surface area contributed by atoms with E-state index in [1.54, 1.807) is 8.61 Å². The first-order chi connectivity index (χ1) is 8.64. The third-order valence-corrected chi connectivity index (χ3v) is 6.03. The molecule has 0 aromatic heterocycles. The monoisotopic (exact) mass is 275 g/mol. The van der Waals surface area contributed by atoms with Crippen LogP contribution in [0.2, 0.25) is 0 Å². The molecule has 0 unspecified atom stereocenters. The average molecular weight is 275 g/mol. The lowest BCUT2D eigenvalue weighted by molar-refractivity contribution is 0.240. The van der Waals surface area contributed by atoms with Crippen molar-refractivity contribution in [2.24, 2.45) is 5.92 Å². The molecular weight excluding hydrogens is 250 g/mol. The Kier molecular flexibility index (Phi) is 5.00. The second-order valence-corrected chi connectivity index (χ2v) is 7.22. The molecule has 0 atom stereocenters. The van der Waals surface area contributed by atoms with Gasteiger partial charge in [-0.2, -0.15) is 17.0 Å². The molecule has 2 aliphatic heterocycles. The maximum absolute atomic E-state index is 12.4. The lowest BCUT2D eigenvalue weighted by atomic mass is 9.94. The molecule has 2 rings (SSSR count). The smallest absolute Gasteiger partial charge is 0.282 e. The van der Waals surface area contributed by atoms with Crippen molar-refractivity contribution in [3.63, 3.8) is 0 Å². The van der Waals surface area contributed by atoms with Crippen molar-refractivity contribution in [1.82, 2.24) is 13.9 Å². The minimum absolute atomic E-state index is 0.608. The first-order valence-electron chi connectivity index (χ1n) is 7.10. The normalized spacial score (nSPS) is 25.4. The first kappa shape index (κ1) is 14.2. The Bertz CT molecular complexity index is 344. The number of hydrogen-bond donors (Lipinski definition) is 1. The van der Waals surface area contributed by atoms with Crippen molar-refractivity contribution >= 4 is 10.2 Å². The Hall–Kier alpha value is -0.170. The largest absolute Gasteiger partial charge is 0.314 e. The summed E-state index contributed by atoms with van der Waals surface area (Å²) in [5, 5.41) is 3.19. The van der Waals surface area contributed by atoms with Crippen LogP contribution in [0, 0.1) is 5.92 Å². The predicted molar refractivity (Wildman–Crippen MR) is 72.6 cm³/mol. The van der Waals surface area contributed by atoms with Crippen LogP contribution in [-0.4, -0.2) is 56.3 Å². The van der Waals surface area contributed by atoms with Gasteiger partial charge < -0.3 is 5.32 Å². The Morgan fingerprint density at radius 3 is 2.17 bits per heavy atom. The van der Waals surface area contributed by atoms with Gasteiger partial charge in [0, 0.05) is 39.3 Å². The Morgan fingerprint density at radius 2 is 1.61 bits per heavy atom. The number of piperidine rings is 1. The number of nitrogens with one attached hydrogen (secondary N) is 1. The number of rotatable bonds is 4. The van der Waals surface area contributed by atoms with Crippen molar-refractivity contribution in [3.05, 3.63) is 0 Å². The molecule has 106 valence electrons. The molecule has 0 aromatic rings. The van der Waals surface area contributed by atoms with Gasteiger partial charge in [-0.1, -0.05) is 19.8 Å². The third-order valence-electron chi connectivity index (χ3n) is 4.00. The molecule has 2 fully saturated rings. The molecule has 0 aliphatic carbocycles. The van der Waals surface area contributed by atoms with Gasteiger partial charge >= 0.3 is 0 Å². The summed E-state index contributed by atoms with van der Waals surface area (Å²) in [6.45, 7) is 6.36. The van der Waals surface area contributed by atoms with Gasteiger partial charge in [0.2, 0.25) is 0 Å². The zero-order valence-electron chi connectivity index (χ0n) is 11.3. The van der Waals surface area contributed by atoms with E-state index in [1.165, 1.54) is 12.8 Å². The highest BCUT2D eigenvalue weighted by atomic mass is 32.2. The van der Waals surface area contributed by atoms with Gasteiger partial charge in [0.15, 0.2) is 0 Å². The summed E-state index contributed by atoms with van der Waals surface area (Å²) in [6, 6.07) is 0. The lowest BCUT2D eigenvalue weighted by Gasteiger charge is -2.36. The van der Waals surface area contributed by atoms with E-state index in [4.69, 9.17) is 0 Å². The SMILES string of the molecule is CCCC1CCN(S(=O)(=O)N2CCNCC2)CC1. The number of hydrogen-bond acceptors (Lipinski definition) is 3. The fourth-order valence-corrected chi connectivity index (χ4v) is 4.52. The van der Waals surface area contributed by atoms with Crippen LogP contribution in [0.3, 0.4) is 0 Å². The molecule has 18 heavy (non-hydrogen) atoms. The summed E-state index contributed by atoms with van der Waals surface area (Å²) in [5.41, 5.74) is 0. The first-order valence-corrected chi connectivity index (χ1v) is 8.50. The standard InChI is InChI=1S/C12H25N3O2S/c1-2-3-12-4-8-14(9-5-12)18(16,17)15-10-6-13-7-11-15/h12-13H,2-11H2,1H3. The van der Waals surface area contributed by atoms with Crippen molar-refractivity contribution in [2.75, 3.05) is 39.3 Å². The molecule has 2 saturated heterocycles. The van der Waals surface area contributed by atoms with E-state index >= 15 is 0 Å². The summed E-state index contributed by atoms with van der Waals surface area (Å²) < 4.78 is 28.2. The van der Waals surface area contributed by atoms with Gasteiger partial charge in [-0.25, -0.2) is 0 Å². The molecule has 5 nitrogen and oxygen atoms in total. The quantitative estimate of drug-likeness (QED) is 0.819. The van der Waals surface area contributed by atoms with E-state index in [1.807, 2.05) is 0 Å². The summed E-state index contributed by atoms with van der Waals surface area (Å²) in [4.78, 5) is 0.